The van der Waals surface area contributed by atoms with Crippen molar-refractivity contribution in [2.75, 3.05) is 0 Å². The van der Waals surface area contributed by atoms with E-state index >= 15 is 0 Å². The molecule has 20 rings (SSSR count). The zero-order chi connectivity index (χ0) is 71.0. The van der Waals surface area contributed by atoms with E-state index in [-0.39, 0.29) is 70.4 Å². The van der Waals surface area contributed by atoms with Crippen LogP contribution < -0.4 is 0 Å². The Balaban J connectivity index is 0.000000143. The molecule has 0 aliphatic rings. The minimum Gasteiger partial charge on any atom is -0.309 e. The molecule has 0 fully saturated rings. The van der Waals surface area contributed by atoms with Crippen molar-refractivity contribution in [1.29, 1.82) is 0 Å². The van der Waals surface area contributed by atoms with Crippen molar-refractivity contribution in [3.05, 3.63) is 327 Å². The van der Waals surface area contributed by atoms with Crippen molar-refractivity contribution >= 4 is 131 Å². The Kier molecular flexibility index (Phi) is 8.69. The highest BCUT2D eigenvalue weighted by atomic mass is 15.0. The maximum atomic E-state index is 9.95. The minimum absolute atomic E-state index is 0.0176. The van der Waals surface area contributed by atoms with E-state index in [0.717, 1.165) is 109 Å². The first kappa shape index (κ1) is 39.6. The van der Waals surface area contributed by atoms with Gasteiger partial charge in [-0.2, -0.15) is 0 Å². The van der Waals surface area contributed by atoms with Gasteiger partial charge in [-0.3, -0.25) is 0 Å². The van der Waals surface area contributed by atoms with Crippen molar-refractivity contribution in [3.63, 3.8) is 0 Å². The molecule has 0 atom stereocenters. The van der Waals surface area contributed by atoms with Gasteiger partial charge in [0.2, 0.25) is 0 Å². The first-order chi connectivity index (χ1) is 50.5. The fraction of sp³-hybridized carbons (Fsp3) is 0.0118. The number of hydrogen-bond acceptors (Lipinski definition) is 0. The Morgan fingerprint density at radius 1 is 0.209 bits per heavy atom. The number of aromatic nitrogens is 6. The van der Waals surface area contributed by atoms with E-state index in [1.807, 2.05) is 209 Å². The van der Waals surface area contributed by atoms with Crippen LogP contribution in [0.4, 0.5) is 0 Å². The lowest BCUT2D eigenvalue weighted by molar-refractivity contribution is 1.15. The number of benzene rings is 14. The van der Waals surface area contributed by atoms with Crippen LogP contribution in [-0.2, 0) is 0 Å². The molecule has 91 heavy (non-hydrogen) atoms. The molecule has 6 aromatic heterocycles. The maximum absolute atomic E-state index is 9.95. The van der Waals surface area contributed by atoms with E-state index in [2.05, 4.69) is 69.8 Å². The second kappa shape index (κ2) is 20.0. The third kappa shape index (κ3) is 7.66. The summed E-state index contributed by atoms with van der Waals surface area (Å²) < 4.78 is 130. The summed E-state index contributed by atoms with van der Waals surface area (Å²) in [4.78, 5) is 0. The molecule has 0 bridgehead atoms. The second-order valence-electron chi connectivity index (χ2n) is 23.0. The predicted octanol–water partition coefficient (Wildman–Crippen LogP) is 22.3. The van der Waals surface area contributed by atoms with Crippen molar-refractivity contribution in [1.82, 2.24) is 27.4 Å². The smallest absolute Gasteiger partial charge is 0.0652 e. The Hall–Kier alpha value is -12.1. The summed E-state index contributed by atoms with van der Waals surface area (Å²) in [7, 11) is 0. The topological polar surface area (TPSA) is 29.6 Å². The summed E-state index contributed by atoms with van der Waals surface area (Å²) in [5.74, 6) is 0. The van der Waals surface area contributed by atoms with Crippen LogP contribution >= 0.6 is 0 Å². The summed E-state index contributed by atoms with van der Waals surface area (Å²) in [6, 6.07) is 83.6. The van der Waals surface area contributed by atoms with Crippen LogP contribution in [0.1, 0.15) is 23.4 Å². The zero-order valence-electron chi connectivity index (χ0n) is 61.5. The van der Waals surface area contributed by atoms with Crippen LogP contribution in [0.5, 0.6) is 0 Å². The zero-order valence-corrected chi connectivity index (χ0v) is 48.5. The lowest BCUT2D eigenvalue weighted by Gasteiger charge is -2.11. The number of nitrogens with zero attached hydrogens (tertiary/aromatic N) is 6. The lowest BCUT2D eigenvalue weighted by Crippen LogP contribution is -1.96. The van der Waals surface area contributed by atoms with E-state index in [9.17, 15) is 8.22 Å². The third-order valence-corrected chi connectivity index (χ3v) is 18.1. The van der Waals surface area contributed by atoms with Crippen molar-refractivity contribution in [3.8, 4) is 34.1 Å². The van der Waals surface area contributed by atoms with Gasteiger partial charge in [-0.25, -0.2) is 0 Å². The number of hydrogen-bond donors (Lipinski definition) is 0. The van der Waals surface area contributed by atoms with Gasteiger partial charge in [0.05, 0.1) is 79.9 Å². The Labute approximate surface area is 541 Å². The highest BCUT2D eigenvalue weighted by Gasteiger charge is 2.22. The minimum atomic E-state index is -2.82. The van der Waals surface area contributed by atoms with Gasteiger partial charge in [-0.15, -0.1) is 0 Å². The Bertz CT molecular complexity index is 6540. The average molecular weight is 1170 g/mol. The van der Waals surface area contributed by atoms with E-state index in [0.29, 0.717) is 27.5 Å². The van der Waals surface area contributed by atoms with Crippen LogP contribution in [-0.4, -0.2) is 27.4 Å². The summed E-state index contributed by atoms with van der Waals surface area (Å²) in [5, 5.41) is 10.6. The molecule has 6 heteroatoms. The highest BCUT2D eigenvalue weighted by molar-refractivity contribution is 6.16. The summed E-state index contributed by atoms with van der Waals surface area (Å²) in [5.41, 5.74) is 11.6. The normalized spacial score (nSPS) is 14.2. The second-order valence-corrected chi connectivity index (χ2v) is 23.0. The van der Waals surface area contributed by atoms with Gasteiger partial charge in [-0.05, 0) is 158 Å². The number of rotatable bonds is 6. The fourth-order valence-corrected chi connectivity index (χ4v) is 14.3. The molecule has 20 aromatic rings. The molecule has 0 unspecified atom stereocenters. The van der Waals surface area contributed by atoms with E-state index < -0.39 is 30.5 Å². The summed E-state index contributed by atoms with van der Waals surface area (Å²) in [6.45, 7) is -2.82. The predicted molar refractivity (Wildman–Crippen MR) is 384 cm³/mol. The van der Waals surface area contributed by atoms with Crippen molar-refractivity contribution in [2.45, 2.75) is 6.85 Å². The molecule has 0 aliphatic carbocycles. The van der Waals surface area contributed by atoms with E-state index in [1.54, 1.807) is 9.13 Å². The van der Waals surface area contributed by atoms with Gasteiger partial charge in [0.15, 0.2) is 0 Å². The first-order valence-electron chi connectivity index (χ1n) is 36.8. The molecule has 0 aliphatic heterocycles. The quantitative estimate of drug-likeness (QED) is 0.159. The fourth-order valence-electron chi connectivity index (χ4n) is 14.3. The maximum Gasteiger partial charge on any atom is 0.0652 e. The van der Waals surface area contributed by atoms with E-state index in [4.69, 9.17) is 9.60 Å². The van der Waals surface area contributed by atoms with Gasteiger partial charge in [0, 0.05) is 103 Å². The molecule has 14 aromatic carbocycles. The van der Waals surface area contributed by atoms with Gasteiger partial charge in [-0.1, -0.05) is 176 Å². The average Bonchev–Trinajstić information content (AvgIpc) is 1.52. The lowest BCUT2D eigenvalue weighted by atomic mass is 10.1. The van der Waals surface area contributed by atoms with Crippen molar-refractivity contribution < 1.29 is 17.8 Å². The standard InChI is InChI=1S/C43H29N3.C42H27N3/c1-28-11-10-12-29(25-28)44-42-23-21-30(45-38-17-6-2-13-32(38)33-14-3-7-18-39(33)45)26-36(42)37-27-31(22-24-43(37)44)46-40-19-8-4-15-34(40)35-16-5-9-20-41(35)46;1-2-12-28(13-3-1)43-41-24-22-29(44-37-18-8-4-14-31(37)32-15-5-9-19-38(32)44)26-35(41)36-27-30(23-25-42(36)43)45-39-20-10-6-16-33(39)34-17-7-11-21-40(34)45/h2-27H,1H3;1-27H/i1D3,10D,11D,12D,25D;22D,23D,24D,25D,26D,27D. The molecule has 426 valence electrons. The Morgan fingerprint density at radius 2 is 0.495 bits per heavy atom. The molecule has 0 saturated heterocycles. The molecule has 0 saturated carbocycles. The molecular weight excluding hydrogens is 1100 g/mol. The van der Waals surface area contributed by atoms with Crippen LogP contribution in [0, 0.1) is 6.85 Å². The Morgan fingerprint density at radius 3 is 0.835 bits per heavy atom. The van der Waals surface area contributed by atoms with Crippen LogP contribution in [0.3, 0.4) is 0 Å². The van der Waals surface area contributed by atoms with Gasteiger partial charge in [0.25, 0.3) is 0 Å². The van der Waals surface area contributed by atoms with Crippen LogP contribution in [0.2, 0.25) is 0 Å². The van der Waals surface area contributed by atoms with Crippen LogP contribution in [0.15, 0.2) is 321 Å². The van der Waals surface area contributed by atoms with Gasteiger partial charge < -0.3 is 27.4 Å². The molecule has 0 amide bonds. The number of para-hydroxylation sites is 9. The van der Waals surface area contributed by atoms with Gasteiger partial charge in [0.1, 0.15) is 0 Å². The summed E-state index contributed by atoms with van der Waals surface area (Å²) in [6.07, 6.45) is 0. The SMILES string of the molecule is [2H]c1c(-n2c3ccccc3c3ccccc32)c([2H])c2c3c([2H])c(-n4c5ccccc5c5ccccc54)c([2H])c([2H])c3n(-c3ccccc3)c2c1[2H].[2H]c1c([2H])c(-n2c3ccc(-n4c5ccccc5c5ccccc54)cc3c3cc(-n4c5ccccc5c5ccccc54)ccc32)c([2H])c(C([2H])([2H])[2H])c1[2H]. The molecular formula is C85H56N6. The molecule has 0 N–H and O–H groups in total. The molecule has 0 spiro atoms. The molecule has 6 heterocycles. The highest BCUT2D eigenvalue weighted by Crippen LogP contribution is 2.42. The first-order valence-corrected chi connectivity index (χ1v) is 30.3. The van der Waals surface area contributed by atoms with Crippen molar-refractivity contribution in [2.24, 2.45) is 0 Å². The molecule has 0 radical (unpaired) electrons. The van der Waals surface area contributed by atoms with Gasteiger partial charge >= 0.3 is 0 Å². The molecule has 6 nitrogen and oxygen atoms in total. The monoisotopic (exact) mass is 1170 g/mol. The van der Waals surface area contributed by atoms with E-state index in [1.165, 1.54) is 0 Å². The largest absolute Gasteiger partial charge is 0.309 e. The van der Waals surface area contributed by atoms with Crippen LogP contribution in [0.25, 0.3) is 165 Å². The summed E-state index contributed by atoms with van der Waals surface area (Å²) >= 11 is 0. The third-order valence-electron chi connectivity index (χ3n) is 18.1. The number of fused-ring (bicyclic) bond motifs is 18.